The second kappa shape index (κ2) is 9.43. The van der Waals surface area contributed by atoms with Gasteiger partial charge in [-0.3, -0.25) is 4.90 Å². The summed E-state index contributed by atoms with van der Waals surface area (Å²) in [5, 5.41) is 0.529. The predicted molar refractivity (Wildman–Crippen MR) is 116 cm³/mol. The smallest absolute Gasteiger partial charge is 0.364 e. The number of ether oxygens (including phenoxy) is 1. The van der Waals surface area contributed by atoms with Crippen molar-refractivity contribution in [3.05, 3.63) is 106 Å². The number of benzene rings is 3. The van der Waals surface area contributed by atoms with E-state index < -0.39 is 17.8 Å². The zero-order valence-electron chi connectivity index (χ0n) is 16.9. The maximum absolute atomic E-state index is 13.7. The van der Waals surface area contributed by atoms with Crippen LogP contribution in [0.3, 0.4) is 0 Å². The van der Waals surface area contributed by atoms with Crippen molar-refractivity contribution >= 4 is 11.6 Å². The van der Waals surface area contributed by atoms with Crippen LogP contribution in [0.15, 0.2) is 78.9 Å². The monoisotopic (exact) mass is 445 g/mol. The second-order valence-electron chi connectivity index (χ2n) is 7.78. The van der Waals surface area contributed by atoms with Crippen molar-refractivity contribution in [1.82, 2.24) is 4.90 Å². The van der Waals surface area contributed by atoms with Crippen LogP contribution in [-0.4, -0.2) is 24.1 Å². The Bertz CT molecular complexity index is 992. The van der Waals surface area contributed by atoms with Crippen LogP contribution in [0.2, 0.25) is 5.02 Å². The van der Waals surface area contributed by atoms with Gasteiger partial charge in [-0.15, -0.1) is 0 Å². The first-order chi connectivity index (χ1) is 14.9. The molecule has 0 aromatic heterocycles. The Kier molecular flexibility index (Phi) is 6.65. The Morgan fingerprint density at radius 3 is 2.32 bits per heavy atom. The third kappa shape index (κ3) is 5.48. The first-order valence-electron chi connectivity index (χ1n) is 10.2. The summed E-state index contributed by atoms with van der Waals surface area (Å²) in [7, 11) is 0. The average molecular weight is 446 g/mol. The molecule has 1 fully saturated rings. The van der Waals surface area contributed by atoms with Gasteiger partial charge < -0.3 is 4.74 Å². The molecule has 0 unspecified atom stereocenters. The summed E-state index contributed by atoms with van der Waals surface area (Å²) in [6.45, 7) is 2.31. The van der Waals surface area contributed by atoms with Crippen molar-refractivity contribution in [2.24, 2.45) is 0 Å². The van der Waals surface area contributed by atoms with Crippen LogP contribution in [0.25, 0.3) is 0 Å². The van der Waals surface area contributed by atoms with Crippen molar-refractivity contribution in [2.45, 2.75) is 31.3 Å². The summed E-state index contributed by atoms with van der Waals surface area (Å²) >= 11 is 6.01. The van der Waals surface area contributed by atoms with Crippen molar-refractivity contribution in [3.63, 3.8) is 0 Å². The third-order valence-corrected chi connectivity index (χ3v) is 5.78. The lowest BCUT2D eigenvalue weighted by Crippen LogP contribution is -2.25. The summed E-state index contributed by atoms with van der Waals surface area (Å²) in [6, 6.07) is 22.6. The molecule has 0 bridgehead atoms. The highest BCUT2D eigenvalue weighted by molar-refractivity contribution is 6.30. The number of rotatable bonds is 6. The minimum Gasteiger partial charge on any atom is -0.364 e. The number of hydrogen-bond donors (Lipinski definition) is 0. The zero-order valence-corrected chi connectivity index (χ0v) is 17.6. The molecule has 1 aliphatic heterocycles. The van der Waals surface area contributed by atoms with Crippen molar-refractivity contribution in [3.8, 4) is 0 Å². The first kappa shape index (κ1) is 21.9. The topological polar surface area (TPSA) is 12.5 Å². The maximum Gasteiger partial charge on any atom is 0.416 e. The summed E-state index contributed by atoms with van der Waals surface area (Å²) in [5.41, 5.74) is 1.32. The van der Waals surface area contributed by atoms with E-state index in [0.29, 0.717) is 17.1 Å². The molecule has 2 nitrogen and oxygen atoms in total. The highest BCUT2D eigenvalue weighted by atomic mass is 35.5. The Balaban J connectivity index is 1.57. The fourth-order valence-electron chi connectivity index (χ4n) is 4.04. The van der Waals surface area contributed by atoms with Crippen LogP contribution in [0.5, 0.6) is 0 Å². The van der Waals surface area contributed by atoms with E-state index in [2.05, 4.69) is 17.0 Å². The highest BCUT2D eigenvalue weighted by Crippen LogP contribution is 2.39. The number of halogens is 4. The molecule has 0 radical (unpaired) electrons. The number of nitrogens with zero attached hydrogens (tertiary/aromatic N) is 1. The van der Waals surface area contributed by atoms with E-state index in [1.165, 1.54) is 17.7 Å². The molecule has 3 aromatic carbocycles. The largest absolute Gasteiger partial charge is 0.416 e. The van der Waals surface area contributed by atoms with Crippen LogP contribution in [-0.2, 0) is 17.5 Å². The van der Waals surface area contributed by atoms with Gasteiger partial charge in [-0.05, 0) is 41.3 Å². The van der Waals surface area contributed by atoms with E-state index in [9.17, 15) is 13.2 Å². The molecule has 1 saturated heterocycles. The maximum atomic E-state index is 13.7. The van der Waals surface area contributed by atoms with Gasteiger partial charge >= 0.3 is 6.18 Å². The standard InChI is InChI=1S/C25H23ClF3NO/c26-20-12-10-19(11-13-20)24(22-8-4-5-9-23(22)25(27,28)29)31-21-14-15-30(17-21)16-18-6-2-1-3-7-18/h1-13,21,24H,14-17H2/t21-,24-/m1/s1. The molecule has 31 heavy (non-hydrogen) atoms. The number of alkyl halides is 3. The van der Waals surface area contributed by atoms with Crippen molar-refractivity contribution in [1.29, 1.82) is 0 Å². The van der Waals surface area contributed by atoms with Crippen LogP contribution in [0.4, 0.5) is 13.2 Å². The minimum atomic E-state index is -4.46. The molecule has 162 valence electrons. The van der Waals surface area contributed by atoms with E-state index in [1.807, 2.05) is 18.2 Å². The lowest BCUT2D eigenvalue weighted by atomic mass is 9.96. The van der Waals surface area contributed by atoms with Crippen molar-refractivity contribution in [2.75, 3.05) is 13.1 Å². The van der Waals surface area contributed by atoms with Gasteiger partial charge in [-0.2, -0.15) is 13.2 Å². The van der Waals surface area contributed by atoms with Gasteiger partial charge in [0.05, 0.1) is 11.7 Å². The molecule has 0 spiro atoms. The molecule has 1 heterocycles. The third-order valence-electron chi connectivity index (χ3n) is 5.53. The fraction of sp³-hybridized carbons (Fsp3) is 0.280. The Morgan fingerprint density at radius 2 is 1.61 bits per heavy atom. The van der Waals surface area contributed by atoms with E-state index >= 15 is 0 Å². The molecule has 3 aromatic rings. The quantitative estimate of drug-likeness (QED) is 0.416. The Hall–Kier alpha value is -2.34. The van der Waals surface area contributed by atoms with Gasteiger partial charge in [0.1, 0.15) is 6.10 Å². The molecular weight excluding hydrogens is 423 g/mol. The SMILES string of the molecule is FC(F)(F)c1ccccc1[C@H](O[C@@H]1CCN(Cc2ccccc2)C1)c1ccc(Cl)cc1. The van der Waals surface area contributed by atoms with Crippen LogP contribution in [0, 0.1) is 0 Å². The summed E-state index contributed by atoms with van der Waals surface area (Å²) < 4.78 is 47.5. The lowest BCUT2D eigenvalue weighted by molar-refractivity contribution is -0.139. The molecule has 0 N–H and O–H groups in total. The van der Waals surface area contributed by atoms with Crippen LogP contribution < -0.4 is 0 Å². The van der Waals surface area contributed by atoms with Gasteiger partial charge in [0.15, 0.2) is 0 Å². The Labute approximate surface area is 185 Å². The van der Waals surface area contributed by atoms with E-state index in [0.717, 1.165) is 25.6 Å². The second-order valence-corrected chi connectivity index (χ2v) is 8.22. The van der Waals surface area contributed by atoms with Gasteiger partial charge in [0.25, 0.3) is 0 Å². The van der Waals surface area contributed by atoms with E-state index in [-0.39, 0.29) is 11.7 Å². The summed E-state index contributed by atoms with van der Waals surface area (Å²) in [5.74, 6) is 0. The summed E-state index contributed by atoms with van der Waals surface area (Å²) in [4.78, 5) is 2.27. The molecule has 6 heteroatoms. The Morgan fingerprint density at radius 1 is 0.935 bits per heavy atom. The zero-order chi connectivity index (χ0) is 21.8. The molecule has 1 aliphatic rings. The van der Waals surface area contributed by atoms with E-state index in [1.54, 1.807) is 30.3 Å². The van der Waals surface area contributed by atoms with Crippen molar-refractivity contribution < 1.29 is 17.9 Å². The number of hydrogen-bond acceptors (Lipinski definition) is 2. The van der Waals surface area contributed by atoms with E-state index in [4.69, 9.17) is 16.3 Å². The lowest BCUT2D eigenvalue weighted by Gasteiger charge is -2.26. The molecular formula is C25H23ClF3NO. The minimum absolute atomic E-state index is 0.124. The van der Waals surface area contributed by atoms with Gasteiger partial charge in [-0.1, -0.05) is 72.3 Å². The van der Waals surface area contributed by atoms with Gasteiger partial charge in [0, 0.05) is 24.7 Å². The predicted octanol–water partition coefficient (Wildman–Crippen LogP) is 6.74. The van der Waals surface area contributed by atoms with Crippen LogP contribution >= 0.6 is 11.6 Å². The molecule has 4 rings (SSSR count). The van der Waals surface area contributed by atoms with Gasteiger partial charge in [-0.25, -0.2) is 0 Å². The van der Waals surface area contributed by atoms with Gasteiger partial charge in [0.2, 0.25) is 0 Å². The molecule has 0 amide bonds. The molecule has 2 atom stereocenters. The normalized spacial score (nSPS) is 18.3. The number of likely N-dealkylation sites (tertiary alicyclic amines) is 1. The summed E-state index contributed by atoms with van der Waals surface area (Å²) in [6.07, 6.45) is -4.67. The fourth-order valence-corrected chi connectivity index (χ4v) is 4.16. The molecule has 0 aliphatic carbocycles. The van der Waals surface area contributed by atoms with Crippen LogP contribution in [0.1, 0.15) is 34.8 Å². The molecule has 0 saturated carbocycles. The first-order valence-corrected chi connectivity index (χ1v) is 10.6. The highest BCUT2D eigenvalue weighted by Gasteiger charge is 2.37. The average Bonchev–Trinajstić information content (AvgIpc) is 3.20.